The van der Waals surface area contributed by atoms with E-state index in [9.17, 15) is 14.9 Å². The van der Waals surface area contributed by atoms with Gasteiger partial charge in [0.1, 0.15) is 5.65 Å². The molecular weight excluding hydrogens is 288 g/mol. The third kappa shape index (κ3) is 2.37. The van der Waals surface area contributed by atoms with E-state index in [1.807, 2.05) is 0 Å². The molecule has 0 aliphatic rings. The first-order valence-electron chi connectivity index (χ1n) is 6.34. The normalized spacial score (nSPS) is 10.7. The fourth-order valence-electron chi connectivity index (χ4n) is 2.24. The van der Waals surface area contributed by atoms with Gasteiger partial charge in [0.25, 0.3) is 5.69 Å². The molecule has 0 bridgehead atoms. The molecule has 0 radical (unpaired) electrons. The molecule has 0 aliphatic heterocycles. The number of carboxylic acids is 1. The van der Waals surface area contributed by atoms with E-state index in [1.165, 1.54) is 22.7 Å². The summed E-state index contributed by atoms with van der Waals surface area (Å²) in [5, 5.41) is 20.0. The average Bonchev–Trinajstić information content (AvgIpc) is 2.85. The SMILES string of the molecule is O=C(O)Cc1c(-c2cccnc2)nc2ccc([N+](=O)[O-])cn12. The Bertz CT molecular complexity index is 873. The van der Waals surface area contributed by atoms with Crippen molar-refractivity contribution in [2.45, 2.75) is 6.42 Å². The van der Waals surface area contributed by atoms with Crippen LogP contribution in [0.1, 0.15) is 5.69 Å². The van der Waals surface area contributed by atoms with E-state index in [1.54, 1.807) is 24.5 Å². The topological polar surface area (TPSA) is 111 Å². The van der Waals surface area contributed by atoms with Gasteiger partial charge >= 0.3 is 5.97 Å². The van der Waals surface area contributed by atoms with Crippen LogP contribution >= 0.6 is 0 Å². The van der Waals surface area contributed by atoms with Crippen LogP contribution in [-0.4, -0.2) is 30.4 Å². The van der Waals surface area contributed by atoms with Crippen LogP contribution in [0.5, 0.6) is 0 Å². The van der Waals surface area contributed by atoms with E-state index < -0.39 is 10.9 Å². The number of imidazole rings is 1. The number of nitrogens with zero attached hydrogens (tertiary/aromatic N) is 4. The molecule has 0 atom stereocenters. The van der Waals surface area contributed by atoms with E-state index in [0.717, 1.165) is 0 Å². The minimum atomic E-state index is -1.04. The van der Waals surface area contributed by atoms with E-state index in [2.05, 4.69) is 9.97 Å². The van der Waals surface area contributed by atoms with E-state index in [-0.39, 0.29) is 12.1 Å². The van der Waals surface area contributed by atoms with Gasteiger partial charge in [-0.1, -0.05) is 0 Å². The fraction of sp³-hybridized carbons (Fsp3) is 0.0714. The fourth-order valence-corrected chi connectivity index (χ4v) is 2.24. The summed E-state index contributed by atoms with van der Waals surface area (Å²) >= 11 is 0. The van der Waals surface area contributed by atoms with Crippen molar-refractivity contribution in [2.75, 3.05) is 0 Å². The predicted octanol–water partition coefficient (Wildman–Crippen LogP) is 1.93. The van der Waals surface area contributed by atoms with E-state index >= 15 is 0 Å². The van der Waals surface area contributed by atoms with Gasteiger partial charge in [-0.2, -0.15) is 0 Å². The molecule has 0 aliphatic carbocycles. The first kappa shape index (κ1) is 13.7. The summed E-state index contributed by atoms with van der Waals surface area (Å²) in [6.45, 7) is 0. The lowest BCUT2D eigenvalue weighted by Gasteiger charge is -2.02. The number of carboxylic acid groups (broad SMARTS) is 1. The second-order valence-corrected chi connectivity index (χ2v) is 4.59. The first-order chi connectivity index (χ1) is 10.6. The van der Waals surface area contributed by atoms with Crippen LogP contribution in [0.3, 0.4) is 0 Å². The molecule has 3 aromatic rings. The number of nitro groups is 1. The zero-order valence-electron chi connectivity index (χ0n) is 11.2. The molecule has 0 aromatic carbocycles. The molecule has 0 amide bonds. The van der Waals surface area contributed by atoms with Gasteiger partial charge in [0.05, 0.1) is 28.9 Å². The molecule has 3 heterocycles. The minimum Gasteiger partial charge on any atom is -0.481 e. The van der Waals surface area contributed by atoms with Crippen molar-refractivity contribution in [1.29, 1.82) is 0 Å². The van der Waals surface area contributed by atoms with Crippen molar-refractivity contribution < 1.29 is 14.8 Å². The quantitative estimate of drug-likeness (QED) is 0.582. The highest BCUT2D eigenvalue weighted by molar-refractivity contribution is 5.76. The molecule has 0 spiro atoms. The van der Waals surface area contributed by atoms with E-state index in [4.69, 9.17) is 5.11 Å². The van der Waals surface area contributed by atoms with Crippen molar-refractivity contribution in [3.63, 3.8) is 0 Å². The lowest BCUT2D eigenvalue weighted by molar-refractivity contribution is -0.385. The van der Waals surface area contributed by atoms with Gasteiger partial charge in [0.15, 0.2) is 0 Å². The van der Waals surface area contributed by atoms with Crippen LogP contribution < -0.4 is 0 Å². The zero-order valence-corrected chi connectivity index (χ0v) is 11.2. The Morgan fingerprint density at radius 3 is 2.82 bits per heavy atom. The van der Waals surface area contributed by atoms with Crippen molar-refractivity contribution in [3.05, 3.63) is 58.7 Å². The number of aliphatic carboxylic acids is 1. The Labute approximate surface area is 123 Å². The van der Waals surface area contributed by atoms with Gasteiger partial charge in [-0.3, -0.25) is 24.3 Å². The third-order valence-corrected chi connectivity index (χ3v) is 3.17. The number of hydrogen-bond donors (Lipinski definition) is 1. The smallest absolute Gasteiger partial charge is 0.309 e. The van der Waals surface area contributed by atoms with Crippen molar-refractivity contribution in [3.8, 4) is 11.3 Å². The highest BCUT2D eigenvalue weighted by atomic mass is 16.6. The number of hydrogen-bond acceptors (Lipinski definition) is 5. The monoisotopic (exact) mass is 298 g/mol. The summed E-state index contributed by atoms with van der Waals surface area (Å²) in [6.07, 6.45) is 4.15. The summed E-state index contributed by atoms with van der Waals surface area (Å²) in [6, 6.07) is 6.30. The lowest BCUT2D eigenvalue weighted by atomic mass is 10.1. The molecule has 22 heavy (non-hydrogen) atoms. The van der Waals surface area contributed by atoms with Crippen molar-refractivity contribution in [1.82, 2.24) is 14.4 Å². The van der Waals surface area contributed by atoms with Crippen LogP contribution in [0.2, 0.25) is 0 Å². The lowest BCUT2D eigenvalue weighted by Crippen LogP contribution is -2.05. The van der Waals surface area contributed by atoms with E-state index in [0.29, 0.717) is 22.6 Å². The molecule has 8 nitrogen and oxygen atoms in total. The number of aromatic nitrogens is 3. The van der Waals surface area contributed by atoms with Crippen LogP contribution in [0, 0.1) is 10.1 Å². The van der Waals surface area contributed by atoms with Crippen LogP contribution in [0.15, 0.2) is 42.9 Å². The maximum Gasteiger partial charge on any atom is 0.309 e. The average molecular weight is 298 g/mol. The Morgan fingerprint density at radius 2 is 2.18 bits per heavy atom. The molecule has 0 unspecified atom stereocenters. The Balaban J connectivity index is 2.27. The molecule has 110 valence electrons. The molecule has 0 saturated carbocycles. The summed E-state index contributed by atoms with van der Waals surface area (Å²) in [4.78, 5) is 29.9. The van der Waals surface area contributed by atoms with Crippen LogP contribution in [0.25, 0.3) is 16.9 Å². The maximum atomic E-state index is 11.1. The summed E-state index contributed by atoms with van der Waals surface area (Å²) in [7, 11) is 0. The highest BCUT2D eigenvalue weighted by Crippen LogP contribution is 2.26. The number of fused-ring (bicyclic) bond motifs is 1. The minimum absolute atomic E-state index is 0.130. The molecule has 0 fully saturated rings. The summed E-state index contributed by atoms with van der Waals surface area (Å²) in [5.74, 6) is -1.04. The predicted molar refractivity (Wildman–Crippen MR) is 76.4 cm³/mol. The van der Waals surface area contributed by atoms with Gasteiger partial charge in [0, 0.05) is 24.0 Å². The van der Waals surface area contributed by atoms with Crippen LogP contribution in [0.4, 0.5) is 5.69 Å². The number of pyridine rings is 2. The standard InChI is InChI=1S/C14H10N4O4/c19-13(20)6-11-14(9-2-1-5-15-7-9)16-12-4-3-10(18(21)22)8-17(11)12/h1-5,7-8H,6H2,(H,19,20). The maximum absolute atomic E-state index is 11.1. The molecule has 0 saturated heterocycles. The number of carbonyl (C=O) groups is 1. The van der Waals surface area contributed by atoms with Crippen molar-refractivity contribution in [2.24, 2.45) is 0 Å². The molecule has 8 heteroatoms. The third-order valence-electron chi connectivity index (χ3n) is 3.17. The number of rotatable bonds is 4. The van der Waals surface area contributed by atoms with Crippen molar-refractivity contribution >= 4 is 17.3 Å². The summed E-state index contributed by atoms with van der Waals surface area (Å²) < 4.78 is 1.44. The molecule has 1 N–H and O–H groups in total. The Morgan fingerprint density at radius 1 is 1.36 bits per heavy atom. The van der Waals surface area contributed by atoms with Gasteiger partial charge in [-0.05, 0) is 18.2 Å². The van der Waals surface area contributed by atoms with Crippen LogP contribution in [-0.2, 0) is 11.2 Å². The largest absolute Gasteiger partial charge is 0.481 e. The second kappa shape index (κ2) is 5.24. The van der Waals surface area contributed by atoms with Gasteiger partial charge < -0.3 is 5.11 Å². The zero-order chi connectivity index (χ0) is 15.7. The molecule has 3 aromatic heterocycles. The molecular formula is C14H10N4O4. The van der Waals surface area contributed by atoms with Gasteiger partial charge in [-0.25, -0.2) is 4.98 Å². The van der Waals surface area contributed by atoms with Gasteiger partial charge in [-0.15, -0.1) is 0 Å². The molecule has 3 rings (SSSR count). The Kier molecular flexibility index (Phi) is 3.26. The van der Waals surface area contributed by atoms with Gasteiger partial charge in [0.2, 0.25) is 0 Å². The summed E-state index contributed by atoms with van der Waals surface area (Å²) in [5.41, 5.74) is 1.80. The Hall–Kier alpha value is -3.29. The second-order valence-electron chi connectivity index (χ2n) is 4.59. The highest BCUT2D eigenvalue weighted by Gasteiger charge is 2.18. The first-order valence-corrected chi connectivity index (χ1v) is 6.34.